The molecule has 4 aromatic rings. The molecule has 1 N–H and O–H groups in total. The molecule has 1 aromatic heterocycles. The van der Waals surface area contributed by atoms with Crippen LogP contribution in [-0.2, 0) is 4.79 Å². The Bertz CT molecular complexity index is 1270. The molecule has 4 nitrogen and oxygen atoms in total. The van der Waals surface area contributed by atoms with Gasteiger partial charge >= 0.3 is 0 Å². The van der Waals surface area contributed by atoms with Gasteiger partial charge in [0.05, 0.1) is 21.7 Å². The third kappa shape index (κ3) is 5.86. The summed E-state index contributed by atoms with van der Waals surface area (Å²) in [5.41, 5.74) is 4.38. The van der Waals surface area contributed by atoms with Crippen molar-refractivity contribution in [3.05, 3.63) is 81.8 Å². The van der Waals surface area contributed by atoms with Crippen molar-refractivity contribution in [2.24, 2.45) is 4.99 Å². The number of hydrogen-bond donors (Lipinski definition) is 1. The fraction of sp³-hybridized carbons (Fsp3) is 0.0870. The van der Waals surface area contributed by atoms with E-state index in [1.54, 1.807) is 23.6 Å². The molecule has 3 aromatic carbocycles. The summed E-state index contributed by atoms with van der Waals surface area (Å²) in [7, 11) is 0. The van der Waals surface area contributed by atoms with Crippen LogP contribution >= 0.6 is 46.3 Å². The van der Waals surface area contributed by atoms with Gasteiger partial charge in [0.1, 0.15) is 0 Å². The minimum atomic E-state index is -0.0996. The number of nitrogens with zero attached hydrogens (tertiary/aromatic N) is 2. The number of aliphatic imine (C=N–C) groups is 1. The molecule has 0 saturated carbocycles. The van der Waals surface area contributed by atoms with Gasteiger partial charge in [0.2, 0.25) is 5.91 Å². The molecule has 0 aliphatic heterocycles. The standard InChI is InChI=1S/C23H17Cl2N3OS2/c1-14-2-7-18(10-19(14)25)27-22(29)13-30-23-28-20-9-8-17(11-21(20)31-23)26-12-15-3-5-16(24)6-4-15/h2-12H,13H2,1H3,(H,27,29). The molecule has 0 unspecified atom stereocenters. The normalized spacial score (nSPS) is 11.3. The monoisotopic (exact) mass is 485 g/mol. The Kier molecular flexibility index (Phi) is 6.92. The molecule has 0 spiro atoms. The Morgan fingerprint density at radius 3 is 2.71 bits per heavy atom. The number of aromatic nitrogens is 1. The van der Waals surface area contributed by atoms with Crippen LogP contribution in [0.25, 0.3) is 10.2 Å². The molecule has 4 rings (SSSR count). The van der Waals surface area contributed by atoms with Crippen molar-refractivity contribution < 1.29 is 4.79 Å². The number of halogens is 2. The van der Waals surface area contributed by atoms with Gasteiger partial charge in [0, 0.05) is 21.9 Å². The SMILES string of the molecule is Cc1ccc(NC(=O)CSc2nc3ccc(N=Cc4ccc(Cl)cc4)cc3s2)cc1Cl. The molecule has 0 atom stereocenters. The Morgan fingerprint density at radius 1 is 1.13 bits per heavy atom. The molecular weight excluding hydrogens is 469 g/mol. The van der Waals surface area contributed by atoms with Gasteiger partial charge in [0.15, 0.2) is 4.34 Å². The second kappa shape index (κ2) is 9.83. The number of rotatable bonds is 6. The van der Waals surface area contributed by atoms with Crippen LogP contribution in [0.3, 0.4) is 0 Å². The van der Waals surface area contributed by atoms with E-state index >= 15 is 0 Å². The summed E-state index contributed by atoms with van der Waals surface area (Å²) in [6.45, 7) is 1.92. The molecule has 0 bridgehead atoms. The number of thioether (sulfide) groups is 1. The van der Waals surface area contributed by atoms with Crippen LogP contribution in [-0.4, -0.2) is 22.9 Å². The third-order valence-corrected chi connectivity index (χ3v) is 7.19. The van der Waals surface area contributed by atoms with Crippen LogP contribution in [0.15, 0.2) is 70.0 Å². The van der Waals surface area contributed by atoms with Gasteiger partial charge in [0.25, 0.3) is 0 Å². The van der Waals surface area contributed by atoms with E-state index in [1.165, 1.54) is 11.8 Å². The van der Waals surface area contributed by atoms with Crippen LogP contribution in [0.2, 0.25) is 10.0 Å². The van der Waals surface area contributed by atoms with Gasteiger partial charge in [-0.05, 0) is 60.5 Å². The maximum absolute atomic E-state index is 12.3. The summed E-state index contributed by atoms with van der Waals surface area (Å²) in [6, 6.07) is 18.9. The van der Waals surface area contributed by atoms with Crippen molar-refractivity contribution in [1.82, 2.24) is 4.98 Å². The number of thiazole rings is 1. The first-order valence-corrected chi connectivity index (χ1v) is 11.9. The molecular formula is C23H17Cl2N3OS2. The number of anilines is 1. The van der Waals surface area contributed by atoms with E-state index in [4.69, 9.17) is 23.2 Å². The first-order chi connectivity index (χ1) is 15.0. The zero-order valence-electron chi connectivity index (χ0n) is 16.4. The molecule has 0 aliphatic rings. The molecule has 31 heavy (non-hydrogen) atoms. The van der Waals surface area contributed by atoms with Crippen molar-refractivity contribution in [3.8, 4) is 0 Å². The molecule has 0 fully saturated rings. The molecule has 1 amide bonds. The van der Waals surface area contributed by atoms with Gasteiger partial charge in [-0.15, -0.1) is 11.3 Å². The van der Waals surface area contributed by atoms with E-state index in [0.29, 0.717) is 15.7 Å². The first kappa shape index (κ1) is 21.8. The Labute approximate surface area is 198 Å². The van der Waals surface area contributed by atoms with Gasteiger partial charge in [-0.2, -0.15) is 0 Å². The quantitative estimate of drug-likeness (QED) is 0.228. The fourth-order valence-electron chi connectivity index (χ4n) is 2.73. The molecule has 156 valence electrons. The Balaban J connectivity index is 1.39. The highest BCUT2D eigenvalue weighted by Gasteiger charge is 2.09. The number of nitrogens with one attached hydrogen (secondary N) is 1. The number of benzene rings is 3. The second-order valence-electron chi connectivity index (χ2n) is 6.74. The fourth-order valence-corrected chi connectivity index (χ4v) is 4.94. The zero-order valence-corrected chi connectivity index (χ0v) is 19.6. The number of aryl methyl sites for hydroxylation is 1. The van der Waals surface area contributed by atoms with Crippen molar-refractivity contribution in [2.45, 2.75) is 11.3 Å². The Hall–Kier alpha value is -2.38. The maximum atomic E-state index is 12.3. The summed E-state index contributed by atoms with van der Waals surface area (Å²) in [5, 5.41) is 4.19. The van der Waals surface area contributed by atoms with Gasteiger partial charge < -0.3 is 5.32 Å². The average Bonchev–Trinajstić information content (AvgIpc) is 3.17. The summed E-state index contributed by atoms with van der Waals surface area (Å²) >= 11 is 15.0. The lowest BCUT2D eigenvalue weighted by atomic mass is 10.2. The van der Waals surface area contributed by atoms with Crippen molar-refractivity contribution in [3.63, 3.8) is 0 Å². The maximum Gasteiger partial charge on any atom is 0.234 e. The largest absolute Gasteiger partial charge is 0.325 e. The first-order valence-electron chi connectivity index (χ1n) is 9.35. The number of fused-ring (bicyclic) bond motifs is 1. The van der Waals surface area contributed by atoms with Crippen LogP contribution < -0.4 is 5.32 Å². The van der Waals surface area contributed by atoms with Gasteiger partial charge in [-0.1, -0.05) is 53.2 Å². The van der Waals surface area contributed by atoms with E-state index in [2.05, 4.69) is 15.3 Å². The summed E-state index contributed by atoms with van der Waals surface area (Å²) in [4.78, 5) is 21.4. The van der Waals surface area contributed by atoms with E-state index < -0.39 is 0 Å². The van der Waals surface area contributed by atoms with Gasteiger partial charge in [-0.25, -0.2) is 4.98 Å². The summed E-state index contributed by atoms with van der Waals surface area (Å²) in [5.74, 6) is 0.171. The third-order valence-electron chi connectivity index (χ3n) is 4.37. The zero-order chi connectivity index (χ0) is 21.8. The van der Waals surface area contributed by atoms with Crippen molar-refractivity contribution in [1.29, 1.82) is 0 Å². The minimum absolute atomic E-state index is 0.0996. The highest BCUT2D eigenvalue weighted by molar-refractivity contribution is 8.01. The van der Waals surface area contributed by atoms with Crippen LogP contribution in [0.1, 0.15) is 11.1 Å². The molecule has 8 heteroatoms. The predicted molar refractivity (Wildman–Crippen MR) is 134 cm³/mol. The highest BCUT2D eigenvalue weighted by atomic mass is 35.5. The molecule has 0 saturated heterocycles. The van der Waals surface area contributed by atoms with E-state index in [-0.39, 0.29) is 11.7 Å². The lowest BCUT2D eigenvalue weighted by molar-refractivity contribution is -0.113. The second-order valence-corrected chi connectivity index (χ2v) is 9.84. The number of carbonyl (C=O) groups excluding carboxylic acids is 1. The molecule has 0 radical (unpaired) electrons. The summed E-state index contributed by atoms with van der Waals surface area (Å²) < 4.78 is 1.87. The van der Waals surface area contributed by atoms with Crippen LogP contribution in [0.5, 0.6) is 0 Å². The average molecular weight is 486 g/mol. The van der Waals surface area contributed by atoms with E-state index in [0.717, 1.165) is 31.4 Å². The number of amides is 1. The lowest BCUT2D eigenvalue weighted by Crippen LogP contribution is -2.13. The topological polar surface area (TPSA) is 54.4 Å². The predicted octanol–water partition coefficient (Wildman–Crippen LogP) is 7.39. The minimum Gasteiger partial charge on any atom is -0.325 e. The summed E-state index contributed by atoms with van der Waals surface area (Å²) in [6.07, 6.45) is 1.80. The van der Waals surface area contributed by atoms with E-state index in [9.17, 15) is 4.79 Å². The molecule has 0 aliphatic carbocycles. The van der Waals surface area contributed by atoms with Crippen LogP contribution in [0.4, 0.5) is 11.4 Å². The number of hydrogen-bond acceptors (Lipinski definition) is 5. The lowest BCUT2D eigenvalue weighted by Gasteiger charge is -2.06. The molecule has 1 heterocycles. The van der Waals surface area contributed by atoms with Crippen LogP contribution in [0, 0.1) is 6.92 Å². The van der Waals surface area contributed by atoms with E-state index in [1.807, 2.05) is 61.5 Å². The van der Waals surface area contributed by atoms with Crippen molar-refractivity contribution in [2.75, 3.05) is 11.1 Å². The number of carbonyl (C=O) groups is 1. The van der Waals surface area contributed by atoms with Gasteiger partial charge in [-0.3, -0.25) is 9.79 Å². The van der Waals surface area contributed by atoms with Crippen molar-refractivity contribution >= 4 is 80.0 Å². The smallest absolute Gasteiger partial charge is 0.234 e. The Morgan fingerprint density at radius 2 is 1.94 bits per heavy atom. The highest BCUT2D eigenvalue weighted by Crippen LogP contribution is 2.32.